The van der Waals surface area contributed by atoms with Gasteiger partial charge in [-0.15, -0.1) is 0 Å². The lowest BCUT2D eigenvalue weighted by Gasteiger charge is -2.13. The summed E-state index contributed by atoms with van der Waals surface area (Å²) in [7, 11) is 1.46. The van der Waals surface area contributed by atoms with Crippen molar-refractivity contribution in [3.05, 3.63) is 41.5 Å². The van der Waals surface area contributed by atoms with Crippen LogP contribution in [0.25, 0.3) is 5.78 Å². The van der Waals surface area contributed by atoms with E-state index in [2.05, 4.69) is 25.7 Å². The maximum absolute atomic E-state index is 12.3. The Morgan fingerprint density at radius 3 is 2.66 bits per heavy atom. The van der Waals surface area contributed by atoms with E-state index >= 15 is 0 Å². The van der Waals surface area contributed by atoms with Gasteiger partial charge in [-0.3, -0.25) is 14.4 Å². The summed E-state index contributed by atoms with van der Waals surface area (Å²) in [6.45, 7) is 4.65. The summed E-state index contributed by atoms with van der Waals surface area (Å²) in [5.41, 5.74) is 3.33. The van der Waals surface area contributed by atoms with E-state index in [4.69, 9.17) is 9.47 Å². The van der Waals surface area contributed by atoms with Crippen LogP contribution in [0.1, 0.15) is 30.3 Å². The predicted octanol–water partition coefficient (Wildman–Crippen LogP) is 1.82. The molecule has 32 heavy (non-hydrogen) atoms. The smallest absolute Gasteiger partial charge is 0.306 e. The molecule has 0 bridgehead atoms. The molecule has 3 rings (SSSR count). The number of rotatable bonds is 8. The second-order valence-electron chi connectivity index (χ2n) is 7.04. The van der Waals surface area contributed by atoms with Crippen LogP contribution < -0.4 is 15.4 Å². The second-order valence-corrected chi connectivity index (χ2v) is 7.04. The van der Waals surface area contributed by atoms with Gasteiger partial charge in [-0.1, -0.05) is 0 Å². The highest BCUT2D eigenvalue weighted by Gasteiger charge is 2.15. The number of anilines is 2. The molecule has 0 radical (unpaired) electrons. The number of nitrogens with one attached hydrogen (secondary N) is 2. The molecule has 0 saturated carbocycles. The van der Waals surface area contributed by atoms with Crippen LogP contribution in [0.3, 0.4) is 0 Å². The van der Waals surface area contributed by atoms with Crippen LogP contribution in [-0.4, -0.2) is 51.1 Å². The van der Waals surface area contributed by atoms with E-state index in [1.165, 1.54) is 20.4 Å². The third-order valence-corrected chi connectivity index (χ3v) is 4.73. The lowest BCUT2D eigenvalue weighted by Crippen LogP contribution is -2.21. The highest BCUT2D eigenvalue weighted by atomic mass is 16.5. The summed E-state index contributed by atoms with van der Waals surface area (Å²) in [6.07, 6.45) is 1.90. The Balaban J connectivity index is 1.55. The fourth-order valence-electron chi connectivity index (χ4n) is 3.24. The van der Waals surface area contributed by atoms with Crippen molar-refractivity contribution in [2.24, 2.45) is 0 Å². The standard InChI is InChI=1S/C21H24N6O5/c1-12-16(13(2)27-21(24-12)22-11-23-27)6-8-20(30)32-10-19(29)26-17-9-15(25-14(3)28)5-7-18(17)31-4/h5,7,9,11H,6,8,10H2,1-4H3,(H,25,28)(H,26,29). The van der Waals surface area contributed by atoms with Gasteiger partial charge in [0.05, 0.1) is 12.8 Å². The summed E-state index contributed by atoms with van der Waals surface area (Å²) >= 11 is 0. The van der Waals surface area contributed by atoms with Gasteiger partial charge < -0.3 is 20.1 Å². The first kappa shape index (κ1) is 22.7. The Kier molecular flexibility index (Phi) is 6.98. The van der Waals surface area contributed by atoms with E-state index < -0.39 is 18.5 Å². The number of carbonyl (C=O) groups excluding carboxylic acids is 3. The zero-order valence-electron chi connectivity index (χ0n) is 18.3. The number of aryl methyl sites for hydroxylation is 2. The number of amides is 2. The molecule has 11 heteroatoms. The fourth-order valence-corrected chi connectivity index (χ4v) is 3.24. The highest BCUT2D eigenvalue weighted by molar-refractivity contribution is 5.96. The average molecular weight is 440 g/mol. The lowest BCUT2D eigenvalue weighted by molar-refractivity contribution is -0.147. The Labute approximate surface area is 184 Å². The van der Waals surface area contributed by atoms with Gasteiger partial charge >= 0.3 is 5.97 Å². The van der Waals surface area contributed by atoms with E-state index in [1.54, 1.807) is 22.7 Å². The van der Waals surface area contributed by atoms with Gasteiger partial charge in [0.15, 0.2) is 6.61 Å². The number of aromatic nitrogens is 4. The van der Waals surface area contributed by atoms with Crippen molar-refractivity contribution in [3.8, 4) is 5.75 Å². The van der Waals surface area contributed by atoms with Crippen molar-refractivity contribution in [2.75, 3.05) is 24.4 Å². The van der Waals surface area contributed by atoms with Crippen LogP contribution in [0.15, 0.2) is 24.5 Å². The van der Waals surface area contributed by atoms with E-state index in [0.29, 0.717) is 29.3 Å². The largest absolute Gasteiger partial charge is 0.495 e. The van der Waals surface area contributed by atoms with Gasteiger partial charge in [0, 0.05) is 30.4 Å². The van der Waals surface area contributed by atoms with Crippen LogP contribution in [0, 0.1) is 13.8 Å². The van der Waals surface area contributed by atoms with Crippen LogP contribution in [0.4, 0.5) is 11.4 Å². The van der Waals surface area contributed by atoms with Crippen molar-refractivity contribution in [1.82, 2.24) is 19.6 Å². The van der Waals surface area contributed by atoms with Crippen LogP contribution in [0.2, 0.25) is 0 Å². The third-order valence-electron chi connectivity index (χ3n) is 4.73. The summed E-state index contributed by atoms with van der Waals surface area (Å²) in [5, 5.41) is 9.37. The molecular formula is C21H24N6O5. The van der Waals surface area contributed by atoms with Gasteiger partial charge in [0.25, 0.3) is 11.7 Å². The molecule has 168 valence electrons. The van der Waals surface area contributed by atoms with Gasteiger partial charge in [-0.2, -0.15) is 10.1 Å². The Bertz CT molecular complexity index is 1170. The fraction of sp³-hybridized carbons (Fsp3) is 0.333. The van der Waals surface area contributed by atoms with Crippen molar-refractivity contribution in [1.29, 1.82) is 0 Å². The zero-order valence-corrected chi connectivity index (χ0v) is 18.3. The monoisotopic (exact) mass is 440 g/mol. The van der Waals surface area contributed by atoms with Crippen LogP contribution >= 0.6 is 0 Å². The Hall–Kier alpha value is -4.02. The first-order valence-corrected chi connectivity index (χ1v) is 9.85. The van der Waals surface area contributed by atoms with Crippen molar-refractivity contribution in [2.45, 2.75) is 33.6 Å². The Morgan fingerprint density at radius 1 is 1.16 bits per heavy atom. The van der Waals surface area contributed by atoms with E-state index in [0.717, 1.165) is 17.0 Å². The van der Waals surface area contributed by atoms with Gasteiger partial charge in [0.2, 0.25) is 5.91 Å². The summed E-state index contributed by atoms with van der Waals surface area (Å²) < 4.78 is 11.9. The van der Waals surface area contributed by atoms with Crippen molar-refractivity contribution < 1.29 is 23.9 Å². The second kappa shape index (κ2) is 9.86. The minimum Gasteiger partial charge on any atom is -0.495 e. The number of hydrogen-bond donors (Lipinski definition) is 2. The zero-order chi connectivity index (χ0) is 23.3. The van der Waals surface area contributed by atoms with Crippen LogP contribution in [-0.2, 0) is 25.5 Å². The first-order chi connectivity index (χ1) is 15.3. The highest BCUT2D eigenvalue weighted by Crippen LogP contribution is 2.27. The van der Waals surface area contributed by atoms with E-state index in [1.807, 2.05) is 13.8 Å². The molecular weight excluding hydrogens is 416 g/mol. The normalized spacial score (nSPS) is 10.6. The molecule has 2 heterocycles. The summed E-state index contributed by atoms with van der Waals surface area (Å²) in [5.74, 6) is -0.391. The molecule has 3 aromatic rings. The molecule has 0 aliphatic heterocycles. The number of carbonyl (C=O) groups is 3. The summed E-state index contributed by atoms with van der Waals surface area (Å²) in [4.78, 5) is 44.1. The van der Waals surface area contributed by atoms with Gasteiger partial charge in [-0.25, -0.2) is 9.50 Å². The number of ether oxygens (including phenoxy) is 2. The number of esters is 1. The minimum absolute atomic E-state index is 0.0815. The van der Waals surface area contributed by atoms with Crippen LogP contribution in [0.5, 0.6) is 5.75 Å². The molecule has 0 aliphatic rings. The van der Waals surface area contributed by atoms with Gasteiger partial charge in [0.1, 0.15) is 12.1 Å². The lowest BCUT2D eigenvalue weighted by atomic mass is 10.1. The quantitative estimate of drug-likeness (QED) is 0.506. The summed E-state index contributed by atoms with van der Waals surface area (Å²) in [6, 6.07) is 4.81. The molecule has 0 atom stereocenters. The third kappa shape index (κ3) is 5.36. The van der Waals surface area contributed by atoms with E-state index in [9.17, 15) is 14.4 Å². The Morgan fingerprint density at radius 2 is 1.94 bits per heavy atom. The maximum atomic E-state index is 12.3. The number of benzene rings is 1. The maximum Gasteiger partial charge on any atom is 0.306 e. The van der Waals surface area contributed by atoms with Crippen molar-refractivity contribution >= 4 is 34.9 Å². The molecule has 2 N–H and O–H groups in total. The minimum atomic E-state index is -0.533. The topological polar surface area (TPSA) is 137 Å². The molecule has 11 nitrogen and oxygen atoms in total. The number of fused-ring (bicyclic) bond motifs is 1. The first-order valence-electron chi connectivity index (χ1n) is 9.85. The molecule has 0 spiro atoms. The molecule has 0 aliphatic carbocycles. The average Bonchev–Trinajstić information content (AvgIpc) is 3.20. The molecule has 2 amide bonds. The molecule has 0 fully saturated rings. The van der Waals surface area contributed by atoms with Gasteiger partial charge in [-0.05, 0) is 44.0 Å². The van der Waals surface area contributed by atoms with Crippen molar-refractivity contribution in [3.63, 3.8) is 0 Å². The number of methoxy groups -OCH3 is 1. The molecule has 1 aromatic carbocycles. The number of nitrogens with zero attached hydrogens (tertiary/aromatic N) is 4. The van der Waals surface area contributed by atoms with E-state index in [-0.39, 0.29) is 12.3 Å². The SMILES string of the molecule is COc1ccc(NC(C)=O)cc1NC(=O)COC(=O)CCc1c(C)nc2ncnn2c1C. The number of hydrogen-bond acceptors (Lipinski definition) is 8. The molecule has 0 unspecified atom stereocenters. The molecule has 0 saturated heterocycles. The molecule has 2 aromatic heterocycles. The predicted molar refractivity (Wildman–Crippen MR) is 115 cm³/mol.